The molecule has 0 aliphatic carbocycles. The summed E-state index contributed by atoms with van der Waals surface area (Å²) in [5, 5.41) is 14.7. The predicted octanol–water partition coefficient (Wildman–Crippen LogP) is 2.21. The second-order valence-electron chi connectivity index (χ2n) is 5.05. The lowest BCUT2D eigenvalue weighted by Gasteiger charge is -2.18. The van der Waals surface area contributed by atoms with Crippen LogP contribution in [0.15, 0.2) is 34.7 Å². The molecule has 1 aromatic carbocycles. The van der Waals surface area contributed by atoms with Crippen molar-refractivity contribution in [2.75, 3.05) is 6.61 Å². The van der Waals surface area contributed by atoms with E-state index in [2.05, 4.69) is 15.6 Å². The van der Waals surface area contributed by atoms with E-state index in [-0.39, 0.29) is 25.2 Å². The van der Waals surface area contributed by atoms with Crippen LogP contribution in [0.3, 0.4) is 0 Å². The van der Waals surface area contributed by atoms with Gasteiger partial charge in [-0.25, -0.2) is 9.78 Å². The summed E-state index contributed by atoms with van der Waals surface area (Å²) in [6.45, 7) is 3.91. The summed E-state index contributed by atoms with van der Waals surface area (Å²) in [6, 6.07) is 8.99. The number of benzene rings is 1. The van der Waals surface area contributed by atoms with E-state index < -0.39 is 0 Å². The van der Waals surface area contributed by atoms with Gasteiger partial charge in [0.05, 0.1) is 18.3 Å². The Morgan fingerprint density at radius 2 is 2.05 bits per heavy atom. The first-order valence-corrected chi connectivity index (χ1v) is 7.23. The van der Waals surface area contributed by atoms with Crippen molar-refractivity contribution in [1.29, 1.82) is 0 Å². The second kappa shape index (κ2) is 7.61. The quantitative estimate of drug-likeness (QED) is 0.763. The van der Waals surface area contributed by atoms with Gasteiger partial charge in [0.2, 0.25) is 5.89 Å². The fraction of sp³-hybridized carbons (Fsp3) is 0.375. The Bertz CT molecular complexity index is 591. The third-order valence-corrected chi connectivity index (χ3v) is 3.40. The topological polar surface area (TPSA) is 87.4 Å². The highest BCUT2D eigenvalue weighted by Gasteiger charge is 2.14. The Kier molecular flexibility index (Phi) is 5.55. The Balaban J connectivity index is 1.91. The molecule has 22 heavy (non-hydrogen) atoms. The number of aliphatic hydroxyl groups excluding tert-OH is 1. The smallest absolute Gasteiger partial charge is 0.315 e. The van der Waals surface area contributed by atoms with Gasteiger partial charge >= 0.3 is 6.03 Å². The van der Waals surface area contributed by atoms with E-state index in [1.165, 1.54) is 0 Å². The zero-order valence-corrected chi connectivity index (χ0v) is 12.8. The van der Waals surface area contributed by atoms with Gasteiger partial charge in [0.1, 0.15) is 5.76 Å². The molecule has 1 aromatic heterocycles. The summed E-state index contributed by atoms with van der Waals surface area (Å²) >= 11 is 0. The number of hydrogen-bond acceptors (Lipinski definition) is 4. The number of hydrogen-bond donors (Lipinski definition) is 3. The zero-order valence-electron chi connectivity index (χ0n) is 12.8. The summed E-state index contributed by atoms with van der Waals surface area (Å²) in [5.41, 5.74) is 1.77. The zero-order chi connectivity index (χ0) is 15.9. The fourth-order valence-corrected chi connectivity index (χ4v) is 2.12. The van der Waals surface area contributed by atoms with Crippen molar-refractivity contribution in [2.45, 2.75) is 32.9 Å². The van der Waals surface area contributed by atoms with Gasteiger partial charge < -0.3 is 20.2 Å². The van der Waals surface area contributed by atoms with Gasteiger partial charge in [-0.15, -0.1) is 0 Å². The summed E-state index contributed by atoms with van der Waals surface area (Å²) in [4.78, 5) is 16.2. The molecule has 0 spiro atoms. The van der Waals surface area contributed by atoms with Crippen LogP contribution in [0.5, 0.6) is 0 Å². The maximum atomic E-state index is 12.0. The molecule has 2 rings (SSSR count). The van der Waals surface area contributed by atoms with Gasteiger partial charge in [0.25, 0.3) is 0 Å². The van der Waals surface area contributed by atoms with E-state index in [9.17, 15) is 4.79 Å². The molecule has 2 amide bonds. The average molecular weight is 303 g/mol. The highest BCUT2D eigenvalue weighted by Crippen LogP contribution is 2.15. The molecule has 6 heteroatoms. The molecule has 0 saturated carbocycles. The number of rotatable bonds is 6. The summed E-state index contributed by atoms with van der Waals surface area (Å²) < 4.78 is 5.41. The van der Waals surface area contributed by atoms with E-state index in [1.54, 1.807) is 0 Å². The van der Waals surface area contributed by atoms with E-state index in [1.807, 2.05) is 44.2 Å². The fourth-order valence-electron chi connectivity index (χ4n) is 2.12. The van der Waals surface area contributed by atoms with Crippen molar-refractivity contribution in [3.63, 3.8) is 0 Å². The first-order valence-electron chi connectivity index (χ1n) is 7.23. The normalized spacial score (nSPS) is 12.0. The summed E-state index contributed by atoms with van der Waals surface area (Å²) in [5.74, 6) is 1.23. The van der Waals surface area contributed by atoms with Crippen LogP contribution in [0.2, 0.25) is 0 Å². The molecule has 0 bridgehead atoms. The molecule has 0 aliphatic heterocycles. The molecular weight excluding hydrogens is 282 g/mol. The molecule has 3 N–H and O–H groups in total. The maximum absolute atomic E-state index is 12.0. The van der Waals surface area contributed by atoms with Crippen molar-refractivity contribution < 1.29 is 14.3 Å². The molecule has 0 radical (unpaired) electrons. The molecule has 0 fully saturated rings. The lowest BCUT2D eigenvalue weighted by molar-refractivity contribution is 0.227. The predicted molar refractivity (Wildman–Crippen MR) is 82.2 cm³/mol. The number of nitrogens with one attached hydrogen (secondary N) is 2. The van der Waals surface area contributed by atoms with Crippen molar-refractivity contribution in [2.24, 2.45) is 0 Å². The Morgan fingerprint density at radius 1 is 1.32 bits per heavy atom. The Hall–Kier alpha value is -2.34. The highest BCUT2D eigenvalue weighted by atomic mass is 16.4. The molecule has 1 heterocycles. The van der Waals surface area contributed by atoms with Crippen LogP contribution in [0.1, 0.15) is 35.4 Å². The van der Waals surface area contributed by atoms with Crippen molar-refractivity contribution in [3.8, 4) is 0 Å². The van der Waals surface area contributed by atoms with Crippen LogP contribution >= 0.6 is 0 Å². The SMILES string of the molecule is Cc1nc(CNC(=O)N[C@H](CCO)c2ccccc2)oc1C. The van der Waals surface area contributed by atoms with Crippen LogP contribution in [0.4, 0.5) is 4.79 Å². The van der Waals surface area contributed by atoms with E-state index in [0.29, 0.717) is 12.3 Å². The summed E-state index contributed by atoms with van der Waals surface area (Å²) in [6.07, 6.45) is 0.453. The van der Waals surface area contributed by atoms with Crippen LogP contribution in [0.25, 0.3) is 0 Å². The van der Waals surface area contributed by atoms with Gasteiger partial charge in [0, 0.05) is 6.61 Å². The highest BCUT2D eigenvalue weighted by molar-refractivity contribution is 5.74. The third kappa shape index (κ3) is 4.33. The lowest BCUT2D eigenvalue weighted by Crippen LogP contribution is -2.38. The van der Waals surface area contributed by atoms with Crippen molar-refractivity contribution in [1.82, 2.24) is 15.6 Å². The minimum atomic E-state index is -0.323. The molecule has 0 aliphatic rings. The molecule has 0 unspecified atom stereocenters. The van der Waals surface area contributed by atoms with E-state index in [0.717, 1.165) is 17.0 Å². The van der Waals surface area contributed by atoms with Crippen molar-refractivity contribution >= 4 is 6.03 Å². The number of carbonyl (C=O) groups excluding carboxylic acids is 1. The molecule has 0 saturated heterocycles. The van der Waals surface area contributed by atoms with Gasteiger partial charge in [-0.05, 0) is 25.8 Å². The number of aliphatic hydroxyl groups is 1. The number of amides is 2. The lowest BCUT2D eigenvalue weighted by atomic mass is 10.0. The molecular formula is C16H21N3O3. The largest absolute Gasteiger partial charge is 0.444 e. The number of aromatic nitrogens is 1. The number of carbonyl (C=O) groups is 1. The Labute approximate surface area is 129 Å². The first-order chi connectivity index (χ1) is 10.6. The van der Waals surface area contributed by atoms with Gasteiger partial charge in [-0.1, -0.05) is 30.3 Å². The number of nitrogens with zero attached hydrogens (tertiary/aromatic N) is 1. The van der Waals surface area contributed by atoms with Crippen LogP contribution in [-0.4, -0.2) is 22.7 Å². The molecule has 118 valence electrons. The number of oxazole rings is 1. The number of aryl methyl sites for hydroxylation is 2. The molecule has 1 atom stereocenters. The van der Waals surface area contributed by atoms with Gasteiger partial charge in [-0.3, -0.25) is 0 Å². The van der Waals surface area contributed by atoms with Crippen LogP contribution in [0, 0.1) is 13.8 Å². The first kappa shape index (κ1) is 16.0. The van der Waals surface area contributed by atoms with Crippen LogP contribution < -0.4 is 10.6 Å². The van der Waals surface area contributed by atoms with Gasteiger partial charge in [0.15, 0.2) is 0 Å². The number of urea groups is 1. The third-order valence-electron chi connectivity index (χ3n) is 3.40. The summed E-state index contributed by atoms with van der Waals surface area (Å²) in [7, 11) is 0. The van der Waals surface area contributed by atoms with Gasteiger partial charge in [-0.2, -0.15) is 0 Å². The van der Waals surface area contributed by atoms with Crippen LogP contribution in [-0.2, 0) is 6.54 Å². The maximum Gasteiger partial charge on any atom is 0.315 e. The second-order valence-corrected chi connectivity index (χ2v) is 5.05. The molecule has 6 nitrogen and oxygen atoms in total. The standard InChI is InChI=1S/C16H21N3O3/c1-11-12(2)22-15(18-11)10-17-16(21)19-14(8-9-20)13-6-4-3-5-7-13/h3-7,14,20H,8-10H2,1-2H3,(H2,17,19,21)/t14-/m1/s1. The minimum absolute atomic E-state index is 0.00201. The average Bonchev–Trinajstić information content (AvgIpc) is 2.84. The molecule has 2 aromatic rings. The van der Waals surface area contributed by atoms with E-state index in [4.69, 9.17) is 9.52 Å². The van der Waals surface area contributed by atoms with Crippen molar-refractivity contribution in [3.05, 3.63) is 53.2 Å². The monoisotopic (exact) mass is 303 g/mol. The Morgan fingerprint density at radius 3 is 2.64 bits per heavy atom. The minimum Gasteiger partial charge on any atom is -0.444 e. The van der Waals surface area contributed by atoms with E-state index >= 15 is 0 Å².